The molecule has 1 aliphatic carbocycles. The second-order valence-corrected chi connectivity index (χ2v) is 3.27. The maximum Gasteiger partial charge on any atom is 0.123 e. The minimum Gasteiger partial charge on any atom is -0.411 e. The quantitative estimate of drug-likeness (QED) is 0.422. The average Bonchev–Trinajstić information content (AvgIpc) is 2.93. The summed E-state index contributed by atoms with van der Waals surface area (Å²) in [7, 11) is 0. The van der Waals surface area contributed by atoms with E-state index in [2.05, 4.69) is 5.16 Å². The Morgan fingerprint density at radius 3 is 2.38 bits per heavy atom. The van der Waals surface area contributed by atoms with Crippen LogP contribution in [-0.4, -0.2) is 10.9 Å². The van der Waals surface area contributed by atoms with Crippen molar-refractivity contribution in [3.63, 3.8) is 0 Å². The van der Waals surface area contributed by atoms with Crippen molar-refractivity contribution in [3.05, 3.63) is 35.6 Å². The Balaban J connectivity index is 2.28. The summed E-state index contributed by atoms with van der Waals surface area (Å²) in [5.41, 5.74) is 1.49. The van der Waals surface area contributed by atoms with Crippen molar-refractivity contribution in [2.24, 2.45) is 11.1 Å². The Labute approximate surface area is 75.7 Å². The molecule has 0 aromatic heterocycles. The van der Waals surface area contributed by atoms with E-state index in [0.717, 1.165) is 18.4 Å². The molecule has 1 aromatic carbocycles. The van der Waals surface area contributed by atoms with Gasteiger partial charge in [0, 0.05) is 5.92 Å². The van der Waals surface area contributed by atoms with Crippen LogP contribution in [0.5, 0.6) is 0 Å². The van der Waals surface area contributed by atoms with Crippen LogP contribution in [-0.2, 0) is 0 Å². The van der Waals surface area contributed by atoms with E-state index in [9.17, 15) is 4.39 Å². The van der Waals surface area contributed by atoms with Crippen LogP contribution in [0.2, 0.25) is 0 Å². The zero-order valence-electron chi connectivity index (χ0n) is 7.07. The SMILES string of the molecule is O/N=C(/c1ccc(F)cc1)C1CC1. The molecular weight excluding hydrogens is 169 g/mol. The lowest BCUT2D eigenvalue weighted by Gasteiger charge is -2.01. The lowest BCUT2D eigenvalue weighted by molar-refractivity contribution is 0.317. The third-order valence-corrected chi connectivity index (χ3v) is 2.21. The van der Waals surface area contributed by atoms with Crippen LogP contribution in [0.25, 0.3) is 0 Å². The number of oxime groups is 1. The number of hydrogen-bond donors (Lipinski definition) is 1. The van der Waals surface area contributed by atoms with E-state index in [1.165, 1.54) is 12.1 Å². The smallest absolute Gasteiger partial charge is 0.123 e. The molecule has 0 aliphatic heterocycles. The number of hydrogen-bond acceptors (Lipinski definition) is 2. The Hall–Kier alpha value is -1.38. The second kappa shape index (κ2) is 3.17. The molecule has 0 atom stereocenters. The van der Waals surface area contributed by atoms with Crippen molar-refractivity contribution in [2.45, 2.75) is 12.8 Å². The molecule has 1 saturated carbocycles. The molecule has 0 amide bonds. The molecule has 0 saturated heterocycles. The highest BCUT2D eigenvalue weighted by molar-refractivity contribution is 6.03. The summed E-state index contributed by atoms with van der Waals surface area (Å²) >= 11 is 0. The zero-order chi connectivity index (χ0) is 9.26. The minimum absolute atomic E-state index is 0.267. The Bertz CT molecular complexity index is 327. The van der Waals surface area contributed by atoms with Crippen LogP contribution in [0.1, 0.15) is 18.4 Å². The van der Waals surface area contributed by atoms with Crippen molar-refractivity contribution in [2.75, 3.05) is 0 Å². The molecule has 1 fully saturated rings. The lowest BCUT2D eigenvalue weighted by atomic mass is 10.1. The third kappa shape index (κ3) is 1.69. The van der Waals surface area contributed by atoms with Crippen LogP contribution in [0.15, 0.2) is 29.4 Å². The summed E-state index contributed by atoms with van der Waals surface area (Å²) in [5.74, 6) is 0.104. The van der Waals surface area contributed by atoms with Crippen molar-refractivity contribution in [1.29, 1.82) is 0 Å². The van der Waals surface area contributed by atoms with E-state index in [-0.39, 0.29) is 5.82 Å². The number of halogens is 1. The van der Waals surface area contributed by atoms with E-state index < -0.39 is 0 Å². The first kappa shape index (κ1) is 8.23. The van der Waals surface area contributed by atoms with Gasteiger partial charge in [0.1, 0.15) is 5.82 Å². The van der Waals surface area contributed by atoms with E-state index in [1.54, 1.807) is 12.1 Å². The predicted octanol–water partition coefficient (Wildman–Crippen LogP) is 2.41. The molecular formula is C10H10FNO. The van der Waals surface area contributed by atoms with Gasteiger partial charge in [0.2, 0.25) is 0 Å². The zero-order valence-corrected chi connectivity index (χ0v) is 7.07. The summed E-state index contributed by atoms with van der Waals surface area (Å²) in [4.78, 5) is 0. The standard InChI is InChI=1S/C10H10FNO/c11-9-5-3-8(4-6-9)10(12-13)7-1-2-7/h3-7,13H,1-2H2/b12-10+. The van der Waals surface area contributed by atoms with Gasteiger partial charge in [-0.25, -0.2) is 4.39 Å². The molecule has 1 aliphatic rings. The maximum absolute atomic E-state index is 12.6. The van der Waals surface area contributed by atoms with Gasteiger partial charge < -0.3 is 5.21 Å². The van der Waals surface area contributed by atoms with Gasteiger partial charge in [0.05, 0.1) is 5.71 Å². The number of rotatable bonds is 2. The summed E-state index contributed by atoms with van der Waals surface area (Å²) in [5, 5.41) is 12.0. The monoisotopic (exact) mass is 179 g/mol. The van der Waals surface area contributed by atoms with Crippen molar-refractivity contribution in [1.82, 2.24) is 0 Å². The van der Waals surface area contributed by atoms with Crippen LogP contribution in [0.3, 0.4) is 0 Å². The molecule has 1 aromatic rings. The van der Waals surface area contributed by atoms with E-state index in [4.69, 9.17) is 5.21 Å². The minimum atomic E-state index is -0.267. The van der Waals surface area contributed by atoms with Crippen molar-refractivity contribution < 1.29 is 9.60 Å². The molecule has 0 unspecified atom stereocenters. The fourth-order valence-electron chi connectivity index (χ4n) is 1.35. The van der Waals surface area contributed by atoms with Gasteiger partial charge in [-0.2, -0.15) is 0 Å². The summed E-state index contributed by atoms with van der Waals surface area (Å²) in [6, 6.07) is 6.04. The van der Waals surface area contributed by atoms with Gasteiger partial charge in [-0.3, -0.25) is 0 Å². The first-order valence-electron chi connectivity index (χ1n) is 4.29. The highest BCUT2D eigenvalue weighted by atomic mass is 19.1. The number of nitrogens with zero attached hydrogens (tertiary/aromatic N) is 1. The first-order chi connectivity index (χ1) is 6.31. The largest absolute Gasteiger partial charge is 0.411 e. The summed E-state index contributed by atoms with van der Waals surface area (Å²) in [6.07, 6.45) is 2.13. The highest BCUT2D eigenvalue weighted by Gasteiger charge is 2.28. The normalized spacial score (nSPS) is 17.5. The molecule has 13 heavy (non-hydrogen) atoms. The van der Waals surface area contributed by atoms with E-state index in [0.29, 0.717) is 11.6 Å². The van der Waals surface area contributed by atoms with E-state index in [1.807, 2.05) is 0 Å². The molecule has 0 heterocycles. The molecule has 3 heteroatoms. The predicted molar refractivity (Wildman–Crippen MR) is 47.4 cm³/mol. The second-order valence-electron chi connectivity index (χ2n) is 3.27. The summed E-state index contributed by atoms with van der Waals surface area (Å²) < 4.78 is 12.6. The van der Waals surface area contributed by atoms with Crippen LogP contribution >= 0.6 is 0 Å². The topological polar surface area (TPSA) is 32.6 Å². The molecule has 2 nitrogen and oxygen atoms in total. The van der Waals surface area contributed by atoms with Crippen molar-refractivity contribution >= 4 is 5.71 Å². The van der Waals surface area contributed by atoms with Gasteiger partial charge in [-0.15, -0.1) is 0 Å². The van der Waals surface area contributed by atoms with Crippen LogP contribution in [0.4, 0.5) is 4.39 Å². The Morgan fingerprint density at radius 2 is 1.92 bits per heavy atom. The maximum atomic E-state index is 12.6. The van der Waals surface area contributed by atoms with Crippen LogP contribution in [0, 0.1) is 11.7 Å². The fraction of sp³-hybridized carbons (Fsp3) is 0.300. The van der Waals surface area contributed by atoms with Gasteiger partial charge in [0.15, 0.2) is 0 Å². The van der Waals surface area contributed by atoms with Crippen LogP contribution < -0.4 is 0 Å². The van der Waals surface area contributed by atoms with Crippen molar-refractivity contribution in [3.8, 4) is 0 Å². The molecule has 2 rings (SSSR count). The fourth-order valence-corrected chi connectivity index (χ4v) is 1.35. The first-order valence-corrected chi connectivity index (χ1v) is 4.29. The molecule has 1 N–H and O–H groups in total. The van der Waals surface area contributed by atoms with Gasteiger partial charge in [-0.05, 0) is 30.5 Å². The van der Waals surface area contributed by atoms with Gasteiger partial charge in [0.25, 0.3) is 0 Å². The summed E-state index contributed by atoms with van der Waals surface area (Å²) in [6.45, 7) is 0. The van der Waals surface area contributed by atoms with Gasteiger partial charge in [-0.1, -0.05) is 17.3 Å². The molecule has 0 bridgehead atoms. The third-order valence-electron chi connectivity index (χ3n) is 2.21. The molecule has 0 spiro atoms. The average molecular weight is 179 g/mol. The lowest BCUT2D eigenvalue weighted by Crippen LogP contribution is -2.03. The Morgan fingerprint density at radius 1 is 1.31 bits per heavy atom. The molecule has 68 valence electrons. The molecule has 0 radical (unpaired) electrons. The number of benzene rings is 1. The Kier molecular flexibility index (Phi) is 2.00. The van der Waals surface area contributed by atoms with Gasteiger partial charge >= 0.3 is 0 Å². The highest BCUT2D eigenvalue weighted by Crippen LogP contribution is 2.33. The van der Waals surface area contributed by atoms with E-state index >= 15 is 0 Å².